The smallest absolute Gasteiger partial charge is 0.338 e. The van der Waals surface area contributed by atoms with E-state index in [1.807, 2.05) is 13.8 Å². The lowest BCUT2D eigenvalue weighted by molar-refractivity contribution is -0.139. The van der Waals surface area contributed by atoms with Gasteiger partial charge in [-0.1, -0.05) is 47.5 Å². The number of sulfonamides is 1. The first-order chi connectivity index (χ1) is 18.0. The molecule has 2 aliphatic heterocycles. The Morgan fingerprint density at radius 1 is 1.13 bits per heavy atom. The molecule has 0 aliphatic carbocycles. The van der Waals surface area contributed by atoms with Gasteiger partial charge in [-0.05, 0) is 44.5 Å². The molecule has 1 N–H and O–H groups in total. The summed E-state index contributed by atoms with van der Waals surface area (Å²) < 4.78 is 33.5. The van der Waals surface area contributed by atoms with Crippen LogP contribution in [0.1, 0.15) is 31.0 Å². The maximum absolute atomic E-state index is 13.3. The number of hydrogen-bond donors (Lipinski definition) is 1. The van der Waals surface area contributed by atoms with E-state index in [0.717, 1.165) is 5.56 Å². The third-order valence-corrected chi connectivity index (χ3v) is 9.31. The number of nitrogens with zero attached hydrogens (tertiary/aromatic N) is 3. The topological polar surface area (TPSA) is 99.3 Å². The van der Waals surface area contributed by atoms with Gasteiger partial charge in [0.1, 0.15) is 0 Å². The number of nitrogens with one attached hydrogen (secondary N) is 1. The number of esters is 1. The summed E-state index contributed by atoms with van der Waals surface area (Å²) in [5, 5.41) is 3.30. The molecule has 11 heteroatoms. The van der Waals surface area contributed by atoms with Crippen molar-refractivity contribution in [3.8, 4) is 0 Å². The number of carbonyl (C=O) groups excluding carboxylic acids is 2. The van der Waals surface area contributed by atoms with Crippen molar-refractivity contribution in [2.75, 3.05) is 39.8 Å². The third kappa shape index (κ3) is 5.58. The molecule has 0 bridgehead atoms. The summed E-state index contributed by atoms with van der Waals surface area (Å²) in [6.45, 7) is 7.08. The predicted molar refractivity (Wildman–Crippen MR) is 145 cm³/mol. The van der Waals surface area contributed by atoms with Crippen molar-refractivity contribution in [3.63, 3.8) is 0 Å². The number of piperazine rings is 1. The highest BCUT2D eigenvalue weighted by Gasteiger charge is 2.40. The number of hydrogen-bond acceptors (Lipinski definition) is 6. The molecule has 9 nitrogen and oxygen atoms in total. The van der Waals surface area contributed by atoms with E-state index in [1.165, 1.54) is 9.21 Å². The number of carbonyl (C=O) groups is 2. The second kappa shape index (κ2) is 11.4. The molecule has 2 unspecified atom stereocenters. The first kappa shape index (κ1) is 28.1. The monoisotopic (exact) mass is 560 g/mol. The predicted octanol–water partition coefficient (Wildman–Crippen LogP) is 3.56. The van der Waals surface area contributed by atoms with Crippen LogP contribution in [0.4, 0.5) is 4.79 Å². The maximum atomic E-state index is 13.3. The number of aryl methyl sites for hydroxylation is 1. The molecule has 2 atom stereocenters. The number of urea groups is 1. The number of amides is 2. The number of ether oxygens (including phenoxy) is 1. The van der Waals surface area contributed by atoms with Crippen molar-refractivity contribution >= 4 is 33.6 Å². The maximum Gasteiger partial charge on any atom is 0.338 e. The molecule has 2 heterocycles. The van der Waals surface area contributed by atoms with Crippen molar-refractivity contribution in [3.05, 3.63) is 76.0 Å². The number of halogens is 1. The van der Waals surface area contributed by atoms with Crippen LogP contribution in [0.3, 0.4) is 0 Å². The molecule has 2 aromatic rings. The van der Waals surface area contributed by atoms with Gasteiger partial charge in [-0.2, -0.15) is 4.31 Å². The Morgan fingerprint density at radius 3 is 2.45 bits per heavy atom. The summed E-state index contributed by atoms with van der Waals surface area (Å²) in [6.07, 6.45) is 0. The molecule has 38 heavy (non-hydrogen) atoms. The van der Waals surface area contributed by atoms with Gasteiger partial charge in [0.25, 0.3) is 0 Å². The van der Waals surface area contributed by atoms with Gasteiger partial charge in [0.2, 0.25) is 10.0 Å². The van der Waals surface area contributed by atoms with Crippen LogP contribution in [0.15, 0.2) is 64.7 Å². The van der Waals surface area contributed by atoms with E-state index in [9.17, 15) is 18.0 Å². The van der Waals surface area contributed by atoms with Gasteiger partial charge in [-0.3, -0.25) is 9.80 Å². The van der Waals surface area contributed by atoms with E-state index < -0.39 is 22.0 Å². The van der Waals surface area contributed by atoms with Crippen LogP contribution in [0.25, 0.3) is 0 Å². The lowest BCUT2D eigenvalue weighted by Gasteiger charge is -2.41. The lowest BCUT2D eigenvalue weighted by Crippen LogP contribution is -2.56. The summed E-state index contributed by atoms with van der Waals surface area (Å²) in [5.41, 5.74) is 2.39. The largest absolute Gasteiger partial charge is 0.463 e. The summed E-state index contributed by atoms with van der Waals surface area (Å²) >= 11 is 6.45. The first-order valence-electron chi connectivity index (χ1n) is 12.5. The fourth-order valence-corrected chi connectivity index (χ4v) is 6.77. The van der Waals surface area contributed by atoms with Crippen molar-refractivity contribution in [2.45, 2.75) is 37.8 Å². The van der Waals surface area contributed by atoms with E-state index in [2.05, 4.69) is 10.2 Å². The van der Waals surface area contributed by atoms with E-state index >= 15 is 0 Å². The van der Waals surface area contributed by atoms with Crippen molar-refractivity contribution in [1.29, 1.82) is 0 Å². The van der Waals surface area contributed by atoms with Crippen LogP contribution in [0, 0.1) is 6.92 Å². The van der Waals surface area contributed by atoms with Gasteiger partial charge >= 0.3 is 12.0 Å². The van der Waals surface area contributed by atoms with E-state index in [0.29, 0.717) is 34.9 Å². The van der Waals surface area contributed by atoms with Crippen molar-refractivity contribution in [2.24, 2.45) is 0 Å². The third-order valence-electron chi connectivity index (χ3n) is 6.94. The van der Waals surface area contributed by atoms with Crippen molar-refractivity contribution < 1.29 is 22.7 Å². The van der Waals surface area contributed by atoms with Crippen LogP contribution in [0.5, 0.6) is 0 Å². The van der Waals surface area contributed by atoms with Crippen LogP contribution < -0.4 is 5.32 Å². The normalized spacial score (nSPS) is 21.4. The second-order valence-electron chi connectivity index (χ2n) is 9.56. The SMILES string of the molecule is CCOC(=O)C1=C(CN2CCN(S(=O)(=O)c3ccc(C)cc3)C(C)C2)N(C)C(=O)NC1c1ccccc1Cl. The van der Waals surface area contributed by atoms with E-state index in [1.54, 1.807) is 62.5 Å². The molecule has 2 amide bonds. The van der Waals surface area contributed by atoms with Gasteiger partial charge in [-0.25, -0.2) is 18.0 Å². The van der Waals surface area contributed by atoms with Gasteiger partial charge in [0.15, 0.2) is 0 Å². The highest BCUT2D eigenvalue weighted by Crippen LogP contribution is 2.35. The molecule has 4 rings (SSSR count). The lowest BCUT2D eigenvalue weighted by atomic mass is 9.94. The molecule has 1 fully saturated rings. The fourth-order valence-electron chi connectivity index (χ4n) is 4.92. The fraction of sp³-hybridized carbons (Fsp3) is 0.407. The molecule has 204 valence electrons. The van der Waals surface area contributed by atoms with Crippen LogP contribution in [0.2, 0.25) is 5.02 Å². The molecule has 2 aromatic carbocycles. The number of benzene rings is 2. The Balaban J connectivity index is 1.63. The van der Waals surface area contributed by atoms with Gasteiger partial charge in [0, 0.05) is 50.0 Å². The molecule has 0 radical (unpaired) electrons. The standard InChI is InChI=1S/C27H33ClN4O5S/c1-5-37-26(33)24-23(30(4)27(34)29-25(24)21-8-6-7-9-22(21)28)17-31-14-15-32(19(3)16-31)38(35,36)20-12-10-18(2)11-13-20/h6-13,19,25H,5,14-17H2,1-4H3,(H,29,34). The summed E-state index contributed by atoms with van der Waals surface area (Å²) in [4.78, 5) is 29.9. The quantitative estimate of drug-likeness (QED) is 0.520. The van der Waals surface area contributed by atoms with Gasteiger partial charge in [-0.15, -0.1) is 0 Å². The Kier molecular flexibility index (Phi) is 8.46. The Hall–Kier alpha value is -2.92. The van der Waals surface area contributed by atoms with E-state index in [4.69, 9.17) is 16.3 Å². The summed E-state index contributed by atoms with van der Waals surface area (Å²) in [5.74, 6) is -0.534. The van der Waals surface area contributed by atoms with Gasteiger partial charge in [0.05, 0.1) is 23.1 Å². The van der Waals surface area contributed by atoms with Gasteiger partial charge < -0.3 is 10.1 Å². The average Bonchev–Trinajstić information content (AvgIpc) is 2.87. The highest BCUT2D eigenvalue weighted by molar-refractivity contribution is 7.89. The number of rotatable bonds is 7. The zero-order chi connectivity index (χ0) is 27.6. The minimum atomic E-state index is -3.65. The molecular formula is C27H33ClN4O5S. The summed E-state index contributed by atoms with van der Waals surface area (Å²) in [6, 6.07) is 12.4. The Morgan fingerprint density at radius 2 is 1.82 bits per heavy atom. The first-order valence-corrected chi connectivity index (χ1v) is 14.4. The molecule has 2 aliphatic rings. The molecule has 0 saturated carbocycles. The second-order valence-corrected chi connectivity index (χ2v) is 11.9. The molecular weight excluding hydrogens is 528 g/mol. The Labute approximate surface area is 229 Å². The number of likely N-dealkylation sites (N-methyl/N-ethyl adjacent to an activating group) is 1. The zero-order valence-electron chi connectivity index (χ0n) is 22.0. The molecule has 1 saturated heterocycles. The summed E-state index contributed by atoms with van der Waals surface area (Å²) in [7, 11) is -2.05. The Bertz CT molecular complexity index is 1350. The molecule has 0 aromatic heterocycles. The average molecular weight is 561 g/mol. The van der Waals surface area contributed by atoms with E-state index in [-0.39, 0.29) is 36.7 Å². The highest BCUT2D eigenvalue weighted by atomic mass is 35.5. The van der Waals surface area contributed by atoms with Crippen LogP contribution >= 0.6 is 11.6 Å². The minimum absolute atomic E-state index is 0.176. The van der Waals surface area contributed by atoms with Crippen LogP contribution in [-0.4, -0.2) is 80.4 Å². The zero-order valence-corrected chi connectivity index (χ0v) is 23.6. The van der Waals surface area contributed by atoms with Crippen LogP contribution in [-0.2, 0) is 19.6 Å². The molecule has 0 spiro atoms. The minimum Gasteiger partial charge on any atom is -0.463 e. The van der Waals surface area contributed by atoms with Crippen molar-refractivity contribution in [1.82, 2.24) is 19.4 Å².